The summed E-state index contributed by atoms with van der Waals surface area (Å²) in [5.74, 6) is 0.211. The number of allylic oxidation sites excluding steroid dienone is 7. The van der Waals surface area contributed by atoms with Crippen molar-refractivity contribution in [3.63, 3.8) is 0 Å². The highest BCUT2D eigenvalue weighted by Crippen LogP contribution is 1.98. The number of hydrogen-bond acceptors (Lipinski definition) is 2. The first-order chi connectivity index (χ1) is 6.56. The highest BCUT2D eigenvalue weighted by Gasteiger charge is 1.84. The van der Waals surface area contributed by atoms with Crippen molar-refractivity contribution in [1.29, 1.82) is 0 Å². The van der Waals surface area contributed by atoms with Crippen LogP contribution in [0.15, 0.2) is 47.8 Å². The Labute approximate surface area is 85.0 Å². The molecule has 0 aromatic heterocycles. The third-order valence-corrected chi connectivity index (χ3v) is 1.44. The number of aliphatic hydroxyl groups is 1. The van der Waals surface area contributed by atoms with Crippen LogP contribution >= 0.6 is 0 Å². The number of ketones is 1. The molecule has 0 amide bonds. The lowest BCUT2D eigenvalue weighted by Gasteiger charge is -1.89. The van der Waals surface area contributed by atoms with E-state index in [4.69, 9.17) is 0 Å². The molecule has 0 radical (unpaired) electrons. The molecule has 0 aromatic rings. The molecule has 0 atom stereocenters. The van der Waals surface area contributed by atoms with Crippen molar-refractivity contribution >= 4 is 5.78 Å². The van der Waals surface area contributed by atoms with Crippen molar-refractivity contribution in [1.82, 2.24) is 0 Å². The summed E-state index contributed by atoms with van der Waals surface area (Å²) in [5.41, 5.74) is 0.913. The summed E-state index contributed by atoms with van der Waals surface area (Å²) in [4.78, 5) is 10.6. The van der Waals surface area contributed by atoms with Crippen molar-refractivity contribution in [2.45, 2.75) is 20.8 Å². The third-order valence-electron chi connectivity index (χ3n) is 1.44. The van der Waals surface area contributed by atoms with Gasteiger partial charge >= 0.3 is 0 Å². The summed E-state index contributed by atoms with van der Waals surface area (Å²) in [7, 11) is 0. The number of carbonyl (C=O) groups excluding carboxylic acids is 1. The van der Waals surface area contributed by atoms with Crippen LogP contribution in [0.5, 0.6) is 0 Å². The fourth-order valence-corrected chi connectivity index (χ4v) is 0.747. The average Bonchev–Trinajstić information content (AvgIpc) is 2.12. The van der Waals surface area contributed by atoms with E-state index in [-0.39, 0.29) is 11.5 Å². The van der Waals surface area contributed by atoms with E-state index in [0.29, 0.717) is 0 Å². The highest BCUT2D eigenvalue weighted by molar-refractivity contribution is 5.87. The second kappa shape index (κ2) is 6.89. The lowest BCUT2D eigenvalue weighted by molar-refractivity contribution is -0.112. The molecule has 76 valence electrons. The van der Waals surface area contributed by atoms with Crippen LogP contribution in [-0.4, -0.2) is 10.9 Å². The van der Waals surface area contributed by atoms with Crippen LogP contribution in [0.4, 0.5) is 0 Å². The number of hydrogen-bond donors (Lipinski definition) is 1. The minimum atomic E-state index is 0.0133. The highest BCUT2D eigenvalue weighted by atomic mass is 16.3. The molecule has 0 spiro atoms. The molecule has 0 saturated carbocycles. The summed E-state index contributed by atoms with van der Waals surface area (Å²) < 4.78 is 0. The van der Waals surface area contributed by atoms with E-state index in [1.165, 1.54) is 13.0 Å². The molecule has 0 aromatic carbocycles. The topological polar surface area (TPSA) is 37.3 Å². The maximum absolute atomic E-state index is 10.6. The van der Waals surface area contributed by atoms with E-state index in [0.717, 1.165) is 5.57 Å². The number of rotatable bonds is 4. The minimum Gasteiger partial charge on any atom is -0.508 e. The van der Waals surface area contributed by atoms with Gasteiger partial charge in [0.25, 0.3) is 0 Å². The summed E-state index contributed by atoms with van der Waals surface area (Å²) in [5, 5.41) is 9.21. The van der Waals surface area contributed by atoms with Crippen molar-refractivity contribution in [2.75, 3.05) is 0 Å². The Morgan fingerprint density at radius 3 is 2.21 bits per heavy atom. The molecule has 0 aliphatic rings. The molecule has 2 nitrogen and oxygen atoms in total. The summed E-state index contributed by atoms with van der Waals surface area (Å²) in [6.45, 7) is 5.19. The zero-order valence-electron chi connectivity index (χ0n) is 8.82. The van der Waals surface area contributed by atoms with E-state index in [2.05, 4.69) is 0 Å². The van der Waals surface area contributed by atoms with Crippen LogP contribution < -0.4 is 0 Å². The Kier molecular flexibility index (Phi) is 6.12. The predicted molar refractivity (Wildman–Crippen MR) is 59.1 cm³/mol. The van der Waals surface area contributed by atoms with Gasteiger partial charge in [-0.3, -0.25) is 4.79 Å². The van der Waals surface area contributed by atoms with Gasteiger partial charge < -0.3 is 5.11 Å². The summed E-state index contributed by atoms with van der Waals surface area (Å²) >= 11 is 0. The lowest BCUT2D eigenvalue weighted by Crippen LogP contribution is -1.80. The van der Waals surface area contributed by atoms with Crippen LogP contribution in [-0.2, 0) is 4.79 Å². The summed E-state index contributed by atoms with van der Waals surface area (Å²) in [6, 6.07) is 0. The maximum atomic E-state index is 10.6. The van der Waals surface area contributed by atoms with Crippen molar-refractivity contribution in [3.8, 4) is 0 Å². The number of aliphatic hydroxyl groups excluding tert-OH is 1. The first-order valence-electron chi connectivity index (χ1n) is 4.45. The molecule has 1 N–H and O–H groups in total. The molecule has 0 rings (SSSR count). The van der Waals surface area contributed by atoms with Gasteiger partial charge in [0.1, 0.15) is 5.76 Å². The quantitative estimate of drug-likeness (QED) is 0.422. The van der Waals surface area contributed by atoms with Gasteiger partial charge in [0.15, 0.2) is 5.78 Å². The van der Waals surface area contributed by atoms with Gasteiger partial charge in [-0.05, 0) is 39.0 Å². The van der Waals surface area contributed by atoms with E-state index in [9.17, 15) is 9.90 Å². The molecular formula is C12H16O2. The Balaban J connectivity index is 4.39. The van der Waals surface area contributed by atoms with Gasteiger partial charge in [0.05, 0.1) is 0 Å². The molecule has 0 aliphatic heterocycles. The van der Waals surface area contributed by atoms with Gasteiger partial charge in [0, 0.05) is 0 Å². The van der Waals surface area contributed by atoms with E-state index in [1.807, 2.05) is 13.8 Å². The average molecular weight is 192 g/mol. The molecule has 0 aliphatic carbocycles. The second-order valence-electron chi connectivity index (χ2n) is 2.95. The van der Waals surface area contributed by atoms with Gasteiger partial charge in [-0.2, -0.15) is 0 Å². The van der Waals surface area contributed by atoms with E-state index in [1.54, 1.807) is 30.4 Å². The largest absolute Gasteiger partial charge is 0.508 e. The molecule has 14 heavy (non-hydrogen) atoms. The Morgan fingerprint density at radius 1 is 1.07 bits per heavy atom. The molecule has 0 unspecified atom stereocenters. The van der Waals surface area contributed by atoms with Crippen LogP contribution in [0.1, 0.15) is 20.8 Å². The minimum absolute atomic E-state index is 0.0133. The molecule has 0 fully saturated rings. The monoisotopic (exact) mass is 192 g/mol. The van der Waals surface area contributed by atoms with Crippen LogP contribution in [0, 0.1) is 0 Å². The molecule has 0 heterocycles. The van der Waals surface area contributed by atoms with Gasteiger partial charge in [-0.25, -0.2) is 0 Å². The van der Waals surface area contributed by atoms with Gasteiger partial charge in [0.2, 0.25) is 0 Å². The lowest BCUT2D eigenvalue weighted by atomic mass is 10.2. The van der Waals surface area contributed by atoms with Gasteiger partial charge in [-0.1, -0.05) is 23.8 Å². The maximum Gasteiger partial charge on any atom is 0.152 e. The van der Waals surface area contributed by atoms with Crippen LogP contribution in [0.25, 0.3) is 0 Å². The molecular weight excluding hydrogens is 176 g/mol. The molecule has 0 bridgehead atoms. The normalized spacial score (nSPS) is 14.2. The van der Waals surface area contributed by atoms with E-state index < -0.39 is 0 Å². The summed E-state index contributed by atoms with van der Waals surface area (Å²) in [6.07, 6.45) is 9.88. The van der Waals surface area contributed by atoms with Crippen molar-refractivity contribution < 1.29 is 9.90 Å². The standard InChI is InChI=1S/C12H16O2/c1-4-5-12(14)9-7-10(2)6-8-11(3)13/h4-9,14H,1-3H3/b5-4-,8-6+,10-7+,12-9+. The third kappa shape index (κ3) is 7.10. The number of carbonyl (C=O) groups is 1. The zero-order valence-corrected chi connectivity index (χ0v) is 8.82. The Bertz CT molecular complexity index is 304. The Morgan fingerprint density at radius 2 is 1.71 bits per heavy atom. The van der Waals surface area contributed by atoms with Crippen LogP contribution in [0.2, 0.25) is 0 Å². The molecule has 0 saturated heterocycles. The van der Waals surface area contributed by atoms with Crippen molar-refractivity contribution in [2.24, 2.45) is 0 Å². The fraction of sp³-hybridized carbons (Fsp3) is 0.250. The Hall–Kier alpha value is -1.57. The fourth-order valence-electron chi connectivity index (χ4n) is 0.747. The predicted octanol–water partition coefficient (Wildman–Crippen LogP) is 3.10. The van der Waals surface area contributed by atoms with Gasteiger partial charge in [-0.15, -0.1) is 0 Å². The molecule has 2 heteroatoms. The first kappa shape index (κ1) is 12.4. The first-order valence-corrected chi connectivity index (χ1v) is 4.45. The second-order valence-corrected chi connectivity index (χ2v) is 2.95. The van der Waals surface area contributed by atoms with E-state index >= 15 is 0 Å². The van der Waals surface area contributed by atoms with Crippen LogP contribution in [0.3, 0.4) is 0 Å². The smallest absolute Gasteiger partial charge is 0.152 e. The zero-order chi connectivity index (χ0) is 11.0. The van der Waals surface area contributed by atoms with Crippen molar-refractivity contribution in [3.05, 3.63) is 47.8 Å². The SMILES string of the molecule is C\C=C/C(O)=C\C=C(C)\C=C\C(C)=O.